The molecule has 0 saturated carbocycles. The van der Waals surface area contributed by atoms with Crippen molar-refractivity contribution in [2.45, 2.75) is 83.4 Å². The number of likely N-dealkylation sites (tertiary alicyclic amines) is 1. The Bertz CT molecular complexity index is 2030. The molecule has 2 amide bonds. The second kappa shape index (κ2) is 12.1. The van der Waals surface area contributed by atoms with Gasteiger partial charge in [-0.2, -0.15) is 0 Å². The lowest BCUT2D eigenvalue weighted by atomic mass is 9.93. The molecule has 2 saturated heterocycles. The van der Waals surface area contributed by atoms with Crippen LogP contribution in [-0.2, 0) is 42.5 Å². The number of imide groups is 1. The van der Waals surface area contributed by atoms with Gasteiger partial charge >= 0.3 is 6.09 Å². The monoisotopic (exact) mass is 684 g/mol. The third-order valence-corrected chi connectivity index (χ3v) is 10.4. The van der Waals surface area contributed by atoms with Crippen molar-refractivity contribution in [1.82, 2.24) is 24.3 Å². The molecule has 1 aromatic carbocycles. The maximum absolute atomic E-state index is 14.2. The number of pyridine rings is 2. The van der Waals surface area contributed by atoms with Gasteiger partial charge in [0.1, 0.15) is 17.1 Å². The number of aryl methyl sites for hydroxylation is 2. The summed E-state index contributed by atoms with van der Waals surface area (Å²) in [5, 5.41) is 4.46. The predicted molar refractivity (Wildman–Crippen MR) is 185 cm³/mol. The van der Waals surface area contributed by atoms with Crippen LogP contribution in [0.4, 0.5) is 25.1 Å². The van der Waals surface area contributed by atoms with Gasteiger partial charge in [-0.1, -0.05) is 12.1 Å². The maximum Gasteiger partial charge on any atom is 0.417 e. The number of halogens is 2. The van der Waals surface area contributed by atoms with E-state index in [4.69, 9.17) is 19.4 Å². The molecule has 8 rings (SSSR count). The fraction of sp³-hybridized carbons (Fsp3) is 0.474. The van der Waals surface area contributed by atoms with Crippen LogP contribution in [0, 0.1) is 0 Å². The summed E-state index contributed by atoms with van der Waals surface area (Å²) >= 11 is 0. The lowest BCUT2D eigenvalue weighted by Gasteiger charge is -2.23. The van der Waals surface area contributed by atoms with Crippen molar-refractivity contribution in [2.24, 2.45) is 7.05 Å². The summed E-state index contributed by atoms with van der Waals surface area (Å²) in [7, 11) is 2.05. The number of ether oxygens (including phenoxy) is 2. The van der Waals surface area contributed by atoms with Crippen LogP contribution in [0.3, 0.4) is 0 Å². The molecule has 2 fully saturated rings. The van der Waals surface area contributed by atoms with Gasteiger partial charge in [0.2, 0.25) is 0 Å². The molecule has 4 aromatic rings. The summed E-state index contributed by atoms with van der Waals surface area (Å²) in [6.45, 7) is 6.87. The van der Waals surface area contributed by atoms with Crippen LogP contribution in [0.15, 0.2) is 36.5 Å². The normalized spacial score (nSPS) is 20.2. The molecule has 3 aromatic heterocycles. The number of hydrogen-bond donors (Lipinski definition) is 1. The molecule has 4 aliphatic rings. The Labute approximate surface area is 289 Å². The van der Waals surface area contributed by atoms with Crippen LogP contribution in [0.1, 0.15) is 84.4 Å². The standard InChI is InChI=1S/C38H42F2N6O4/c1-37(2,3)50-36(48)46-18-27-24(25-12-15-41-34-32(25)26-6-5-7-30(26)44(34)4)8-10-28(33(27)35(46)47)42-31-11-9-23(22-13-17-49-20-22)29(43-31)19-45-16-14-38(39,40)21-45/h8-12,15,22H,5-7,13-14,16-21H2,1-4H3,(H,42,43). The van der Waals surface area contributed by atoms with Gasteiger partial charge in [-0.05, 0) is 92.5 Å². The zero-order chi connectivity index (χ0) is 34.9. The van der Waals surface area contributed by atoms with E-state index < -0.39 is 23.5 Å². The van der Waals surface area contributed by atoms with E-state index in [0.717, 1.165) is 64.0 Å². The smallest absolute Gasteiger partial charge is 0.417 e. The van der Waals surface area contributed by atoms with Gasteiger partial charge in [-0.25, -0.2) is 28.4 Å². The van der Waals surface area contributed by atoms with Crippen LogP contribution >= 0.6 is 0 Å². The molecule has 0 spiro atoms. The summed E-state index contributed by atoms with van der Waals surface area (Å²) < 4.78 is 41.8. The van der Waals surface area contributed by atoms with E-state index in [1.807, 2.05) is 30.3 Å². The first kappa shape index (κ1) is 32.8. The minimum atomic E-state index is -2.71. The van der Waals surface area contributed by atoms with E-state index in [2.05, 4.69) is 16.9 Å². The maximum atomic E-state index is 14.2. The van der Waals surface area contributed by atoms with E-state index in [-0.39, 0.29) is 25.4 Å². The number of amides is 2. The Hall–Kier alpha value is -4.42. The van der Waals surface area contributed by atoms with E-state index in [9.17, 15) is 18.4 Å². The Morgan fingerprint density at radius 2 is 1.96 bits per heavy atom. The highest BCUT2D eigenvalue weighted by atomic mass is 19.3. The number of nitrogens with zero attached hydrogens (tertiary/aromatic N) is 5. The van der Waals surface area contributed by atoms with Crippen molar-refractivity contribution >= 4 is 34.5 Å². The first-order chi connectivity index (χ1) is 23.9. The number of aromatic nitrogens is 3. The Morgan fingerprint density at radius 1 is 1.12 bits per heavy atom. The van der Waals surface area contributed by atoms with Crippen molar-refractivity contribution in [1.29, 1.82) is 0 Å². The topological polar surface area (TPSA) is 102 Å². The SMILES string of the molecule is Cn1c2c(c3c(-c4ccc(Nc5ccc(C6CCOC6)c(CN6CCC(F)(F)C6)n5)c5c4CN(C(=O)OC(C)(C)C)C5=O)ccnc31)CCC2. The summed E-state index contributed by atoms with van der Waals surface area (Å²) in [5.74, 6) is -2.55. The van der Waals surface area contributed by atoms with Gasteiger partial charge in [-0.15, -0.1) is 0 Å². The molecule has 12 heteroatoms. The summed E-state index contributed by atoms with van der Waals surface area (Å²) in [6.07, 6.45) is 4.80. The molecule has 10 nitrogen and oxygen atoms in total. The van der Waals surface area contributed by atoms with Gasteiger partial charge in [0.15, 0.2) is 0 Å². The number of rotatable bonds is 6. The number of fused-ring (bicyclic) bond motifs is 4. The van der Waals surface area contributed by atoms with Crippen LogP contribution in [0.2, 0.25) is 0 Å². The number of hydrogen-bond acceptors (Lipinski definition) is 8. The third-order valence-electron chi connectivity index (χ3n) is 10.4. The molecular weight excluding hydrogens is 642 g/mol. The minimum absolute atomic E-state index is 0.0508. The summed E-state index contributed by atoms with van der Waals surface area (Å²) in [4.78, 5) is 40.2. The molecule has 1 N–H and O–H groups in total. The summed E-state index contributed by atoms with van der Waals surface area (Å²) in [6, 6.07) is 9.70. The van der Waals surface area contributed by atoms with Crippen LogP contribution in [0.5, 0.6) is 0 Å². The quantitative estimate of drug-likeness (QED) is 0.230. The number of anilines is 2. The molecule has 50 heavy (non-hydrogen) atoms. The predicted octanol–water partition coefficient (Wildman–Crippen LogP) is 7.10. The zero-order valence-electron chi connectivity index (χ0n) is 28.9. The highest BCUT2D eigenvalue weighted by Gasteiger charge is 2.40. The van der Waals surface area contributed by atoms with E-state index >= 15 is 0 Å². The Morgan fingerprint density at radius 3 is 2.70 bits per heavy atom. The highest BCUT2D eigenvalue weighted by Crippen LogP contribution is 2.43. The van der Waals surface area contributed by atoms with Gasteiger partial charge in [-0.3, -0.25) is 9.69 Å². The Kier molecular flexibility index (Phi) is 7.94. The first-order valence-electron chi connectivity index (χ1n) is 17.5. The van der Waals surface area contributed by atoms with Crippen LogP contribution < -0.4 is 5.32 Å². The number of alkyl halides is 2. The molecular formula is C38H42F2N6O4. The van der Waals surface area contributed by atoms with Crippen molar-refractivity contribution in [2.75, 3.05) is 31.6 Å². The van der Waals surface area contributed by atoms with Crippen molar-refractivity contribution in [3.63, 3.8) is 0 Å². The molecule has 3 aliphatic heterocycles. The largest absolute Gasteiger partial charge is 0.443 e. The number of carbonyl (C=O) groups is 2. The average Bonchev–Trinajstić information content (AvgIpc) is 3.89. The molecule has 6 heterocycles. The van der Waals surface area contributed by atoms with Gasteiger partial charge in [0, 0.05) is 56.4 Å². The fourth-order valence-electron chi connectivity index (χ4n) is 8.12. The Balaban J connectivity index is 1.21. The fourth-order valence-corrected chi connectivity index (χ4v) is 8.12. The lowest BCUT2D eigenvalue weighted by molar-refractivity contribution is 0.0113. The highest BCUT2D eigenvalue weighted by molar-refractivity contribution is 6.12. The molecule has 0 bridgehead atoms. The van der Waals surface area contributed by atoms with Crippen LogP contribution in [-0.4, -0.2) is 74.2 Å². The second-order valence-electron chi connectivity index (χ2n) is 15.0. The molecule has 1 atom stereocenters. The van der Waals surface area contributed by atoms with Crippen molar-refractivity contribution in [3.8, 4) is 11.1 Å². The molecule has 1 aliphatic carbocycles. The van der Waals surface area contributed by atoms with E-state index in [1.54, 1.807) is 31.9 Å². The van der Waals surface area contributed by atoms with E-state index in [0.29, 0.717) is 48.9 Å². The van der Waals surface area contributed by atoms with Gasteiger partial charge < -0.3 is 19.4 Å². The average molecular weight is 685 g/mol. The van der Waals surface area contributed by atoms with Crippen molar-refractivity contribution < 1.29 is 27.8 Å². The molecule has 262 valence electrons. The van der Waals surface area contributed by atoms with E-state index in [1.165, 1.54) is 11.3 Å². The summed E-state index contributed by atoms with van der Waals surface area (Å²) in [5.41, 5.74) is 7.83. The third kappa shape index (κ3) is 5.81. The zero-order valence-corrected chi connectivity index (χ0v) is 28.9. The van der Waals surface area contributed by atoms with Gasteiger partial charge in [0.05, 0.1) is 36.6 Å². The number of benzene rings is 1. The molecule has 0 radical (unpaired) electrons. The minimum Gasteiger partial charge on any atom is -0.443 e. The second-order valence-corrected chi connectivity index (χ2v) is 15.0. The first-order valence-corrected chi connectivity index (χ1v) is 17.5. The molecule has 1 unspecified atom stereocenters. The number of carbonyl (C=O) groups excluding carboxylic acids is 2. The number of nitrogens with one attached hydrogen (secondary N) is 1. The van der Waals surface area contributed by atoms with Crippen molar-refractivity contribution in [3.05, 3.63) is 70.2 Å². The lowest BCUT2D eigenvalue weighted by Crippen LogP contribution is -2.37. The van der Waals surface area contributed by atoms with Crippen LogP contribution in [0.25, 0.3) is 22.2 Å². The van der Waals surface area contributed by atoms with Gasteiger partial charge in [0.25, 0.3) is 11.8 Å².